The number of unbranched alkanes of at least 4 members (excludes halogenated alkanes) is 1. The maximum absolute atomic E-state index is 11.4. The highest BCUT2D eigenvalue weighted by atomic mass is 16.5. The van der Waals surface area contributed by atoms with E-state index >= 15 is 0 Å². The van der Waals surface area contributed by atoms with Gasteiger partial charge in [-0.3, -0.25) is 4.79 Å². The van der Waals surface area contributed by atoms with Crippen LogP contribution in [0.1, 0.15) is 33.1 Å². The van der Waals surface area contributed by atoms with Crippen LogP contribution in [0.25, 0.3) is 0 Å². The van der Waals surface area contributed by atoms with Gasteiger partial charge in [-0.1, -0.05) is 19.8 Å². The Kier molecular flexibility index (Phi) is 7.42. The highest BCUT2D eigenvalue weighted by molar-refractivity contribution is 5.81. The van der Waals surface area contributed by atoms with Gasteiger partial charge in [-0.05, 0) is 13.3 Å². The van der Waals surface area contributed by atoms with Crippen molar-refractivity contribution in [2.24, 2.45) is 5.73 Å². The van der Waals surface area contributed by atoms with Crippen molar-refractivity contribution in [1.82, 2.24) is 5.32 Å². The maximum Gasteiger partial charge on any atom is 0.237 e. The molecule has 0 aromatic heterocycles. The Hall–Kier alpha value is -0.610. The van der Waals surface area contributed by atoms with Crippen LogP contribution >= 0.6 is 0 Å². The summed E-state index contributed by atoms with van der Waals surface area (Å²) in [5, 5.41) is 2.80. The number of nitrogens with two attached hydrogens (primary N) is 1. The van der Waals surface area contributed by atoms with E-state index in [4.69, 9.17) is 10.5 Å². The third-order valence-corrected chi connectivity index (χ3v) is 2.01. The van der Waals surface area contributed by atoms with Crippen LogP contribution in [-0.4, -0.2) is 31.7 Å². The zero-order valence-corrected chi connectivity index (χ0v) is 9.38. The van der Waals surface area contributed by atoms with Crippen LogP contribution in [0.2, 0.25) is 0 Å². The van der Waals surface area contributed by atoms with Crippen LogP contribution in [0.15, 0.2) is 0 Å². The Bertz CT molecular complexity index is 162. The molecule has 0 heterocycles. The van der Waals surface area contributed by atoms with Gasteiger partial charge in [0, 0.05) is 13.2 Å². The third-order valence-electron chi connectivity index (χ3n) is 2.01. The molecule has 0 saturated heterocycles. The van der Waals surface area contributed by atoms with Gasteiger partial charge in [0.05, 0.1) is 12.6 Å². The quantitative estimate of drug-likeness (QED) is 0.637. The number of ether oxygens (including phenoxy) is 1. The highest BCUT2D eigenvalue weighted by Gasteiger charge is 2.14. The molecule has 0 bridgehead atoms. The van der Waals surface area contributed by atoms with E-state index in [2.05, 4.69) is 12.2 Å². The first kappa shape index (κ1) is 13.4. The molecule has 2 unspecified atom stereocenters. The van der Waals surface area contributed by atoms with E-state index in [0.29, 0.717) is 6.61 Å². The molecule has 0 aromatic rings. The van der Waals surface area contributed by atoms with Crippen molar-refractivity contribution >= 4 is 5.91 Å². The summed E-state index contributed by atoms with van der Waals surface area (Å²) in [6, 6.07) is -0.352. The Morgan fingerprint density at radius 3 is 2.71 bits per heavy atom. The van der Waals surface area contributed by atoms with Crippen LogP contribution in [-0.2, 0) is 9.53 Å². The Balaban J connectivity index is 3.71. The molecular formula is C10H22N2O2. The van der Waals surface area contributed by atoms with Crippen molar-refractivity contribution in [3.8, 4) is 0 Å². The number of hydrogen-bond donors (Lipinski definition) is 2. The van der Waals surface area contributed by atoms with E-state index in [1.54, 1.807) is 7.11 Å². The summed E-state index contributed by atoms with van der Waals surface area (Å²) in [4.78, 5) is 11.4. The minimum atomic E-state index is -0.380. The van der Waals surface area contributed by atoms with Crippen LogP contribution < -0.4 is 11.1 Å². The van der Waals surface area contributed by atoms with Crippen molar-refractivity contribution in [1.29, 1.82) is 0 Å². The van der Waals surface area contributed by atoms with Crippen LogP contribution in [0, 0.1) is 0 Å². The number of methoxy groups -OCH3 is 1. The summed E-state index contributed by atoms with van der Waals surface area (Å²) in [6.45, 7) is 4.50. The molecule has 0 fully saturated rings. The molecule has 0 radical (unpaired) electrons. The van der Waals surface area contributed by atoms with Crippen LogP contribution in [0.4, 0.5) is 0 Å². The number of amides is 1. The van der Waals surface area contributed by atoms with Gasteiger partial charge >= 0.3 is 0 Å². The lowest BCUT2D eigenvalue weighted by Crippen LogP contribution is -2.45. The van der Waals surface area contributed by atoms with Crippen molar-refractivity contribution in [2.75, 3.05) is 13.7 Å². The third kappa shape index (κ3) is 5.94. The molecule has 14 heavy (non-hydrogen) atoms. The smallest absolute Gasteiger partial charge is 0.237 e. The van der Waals surface area contributed by atoms with Gasteiger partial charge in [0.15, 0.2) is 0 Å². The molecular weight excluding hydrogens is 180 g/mol. The van der Waals surface area contributed by atoms with E-state index in [1.807, 2.05) is 6.92 Å². The monoisotopic (exact) mass is 202 g/mol. The highest BCUT2D eigenvalue weighted by Crippen LogP contribution is 1.98. The fourth-order valence-electron chi connectivity index (χ4n) is 1.20. The molecule has 0 spiro atoms. The predicted octanol–water partition coefficient (Wildman–Crippen LogP) is 0.655. The minimum absolute atomic E-state index is 0.0279. The first-order valence-electron chi connectivity index (χ1n) is 5.16. The molecule has 4 nitrogen and oxygen atoms in total. The van der Waals surface area contributed by atoms with Gasteiger partial charge in [0.25, 0.3) is 0 Å². The molecule has 0 saturated carbocycles. The van der Waals surface area contributed by atoms with E-state index in [1.165, 1.54) is 0 Å². The fourth-order valence-corrected chi connectivity index (χ4v) is 1.20. The lowest BCUT2D eigenvalue weighted by molar-refractivity contribution is -0.123. The van der Waals surface area contributed by atoms with E-state index in [9.17, 15) is 4.79 Å². The summed E-state index contributed by atoms with van der Waals surface area (Å²) in [7, 11) is 1.61. The molecule has 84 valence electrons. The molecule has 0 rings (SSSR count). The van der Waals surface area contributed by atoms with Gasteiger partial charge in [-0.15, -0.1) is 0 Å². The molecule has 1 amide bonds. The second-order valence-corrected chi connectivity index (χ2v) is 3.61. The first-order chi connectivity index (χ1) is 6.61. The van der Waals surface area contributed by atoms with Crippen LogP contribution in [0.5, 0.6) is 0 Å². The van der Waals surface area contributed by atoms with Crippen molar-refractivity contribution in [3.63, 3.8) is 0 Å². The zero-order valence-electron chi connectivity index (χ0n) is 9.38. The van der Waals surface area contributed by atoms with Crippen molar-refractivity contribution in [3.05, 3.63) is 0 Å². The fraction of sp³-hybridized carbons (Fsp3) is 0.900. The number of carbonyl (C=O) groups excluding carboxylic acids is 1. The molecule has 4 heteroatoms. The lowest BCUT2D eigenvalue weighted by atomic mass is 10.1. The minimum Gasteiger partial charge on any atom is -0.383 e. The van der Waals surface area contributed by atoms with E-state index in [0.717, 1.165) is 19.3 Å². The van der Waals surface area contributed by atoms with Crippen LogP contribution in [0.3, 0.4) is 0 Å². The topological polar surface area (TPSA) is 64.4 Å². The summed E-state index contributed by atoms with van der Waals surface area (Å²) >= 11 is 0. The standard InChI is InChI=1S/C10H22N2O2/c1-4-5-6-9(11)10(13)12-8(2)7-14-3/h8-9H,4-7,11H2,1-3H3,(H,12,13). The van der Waals surface area contributed by atoms with Gasteiger partial charge in [0.2, 0.25) is 5.91 Å². The van der Waals surface area contributed by atoms with Gasteiger partial charge in [-0.2, -0.15) is 0 Å². The van der Waals surface area contributed by atoms with E-state index < -0.39 is 0 Å². The Morgan fingerprint density at radius 1 is 1.57 bits per heavy atom. The normalized spacial score (nSPS) is 14.9. The van der Waals surface area contributed by atoms with Gasteiger partial charge < -0.3 is 15.8 Å². The average molecular weight is 202 g/mol. The molecule has 0 aliphatic rings. The second-order valence-electron chi connectivity index (χ2n) is 3.61. The molecule has 0 aromatic carbocycles. The van der Waals surface area contributed by atoms with E-state index in [-0.39, 0.29) is 18.0 Å². The number of nitrogens with one attached hydrogen (secondary N) is 1. The molecule has 2 atom stereocenters. The average Bonchev–Trinajstić information content (AvgIpc) is 2.14. The first-order valence-corrected chi connectivity index (χ1v) is 5.16. The Morgan fingerprint density at radius 2 is 2.21 bits per heavy atom. The van der Waals surface area contributed by atoms with Crippen molar-refractivity contribution < 1.29 is 9.53 Å². The molecule has 0 aliphatic heterocycles. The van der Waals surface area contributed by atoms with Crippen molar-refractivity contribution in [2.45, 2.75) is 45.2 Å². The number of carbonyl (C=O) groups is 1. The Labute approximate surface area is 86.2 Å². The zero-order chi connectivity index (χ0) is 11.0. The summed E-state index contributed by atoms with van der Waals surface area (Å²) in [6.07, 6.45) is 2.81. The summed E-state index contributed by atoms with van der Waals surface area (Å²) in [5.74, 6) is -0.0806. The predicted molar refractivity (Wildman–Crippen MR) is 57.0 cm³/mol. The molecule has 3 N–H and O–H groups in total. The van der Waals surface area contributed by atoms with Gasteiger partial charge in [-0.25, -0.2) is 0 Å². The SMILES string of the molecule is CCCCC(N)C(=O)NC(C)COC. The largest absolute Gasteiger partial charge is 0.383 e. The van der Waals surface area contributed by atoms with Gasteiger partial charge in [0.1, 0.15) is 0 Å². The number of rotatable bonds is 7. The lowest BCUT2D eigenvalue weighted by Gasteiger charge is -2.16. The maximum atomic E-state index is 11.4. The second kappa shape index (κ2) is 7.76. The molecule has 0 aliphatic carbocycles. The summed E-state index contributed by atoms with van der Waals surface area (Å²) in [5.41, 5.74) is 5.69. The number of hydrogen-bond acceptors (Lipinski definition) is 3. The summed E-state index contributed by atoms with van der Waals surface area (Å²) < 4.78 is 4.91.